The largest absolute Gasteiger partial charge is 0.506 e. The molecule has 0 radical (unpaired) electrons. The van der Waals surface area contributed by atoms with Gasteiger partial charge in [-0.05, 0) is 51.3 Å². The van der Waals surface area contributed by atoms with E-state index in [-0.39, 0.29) is 16.9 Å². The van der Waals surface area contributed by atoms with Crippen LogP contribution in [0.2, 0.25) is 0 Å². The van der Waals surface area contributed by atoms with Crippen molar-refractivity contribution in [2.45, 2.75) is 6.61 Å². The van der Waals surface area contributed by atoms with Crippen LogP contribution in [-0.4, -0.2) is 23.0 Å². The molecule has 10 heteroatoms. The number of nitriles is 1. The van der Waals surface area contributed by atoms with Crippen molar-refractivity contribution in [3.05, 3.63) is 92.0 Å². The molecule has 0 saturated heterocycles. The van der Waals surface area contributed by atoms with Crippen LogP contribution in [0.4, 0.5) is 11.4 Å². The quantitative estimate of drug-likeness (QED) is 0.136. The van der Waals surface area contributed by atoms with Crippen LogP contribution >= 0.6 is 15.9 Å². The van der Waals surface area contributed by atoms with Crippen LogP contribution in [0.1, 0.15) is 11.1 Å². The Bertz CT molecular complexity index is 1300. The average Bonchev–Trinajstić information content (AvgIpc) is 2.83. The summed E-state index contributed by atoms with van der Waals surface area (Å²) in [6, 6.07) is 17.9. The minimum atomic E-state index is -0.800. The van der Waals surface area contributed by atoms with Gasteiger partial charge in [0.05, 0.1) is 28.3 Å². The highest BCUT2D eigenvalue weighted by Crippen LogP contribution is 2.38. The normalized spacial score (nSPS) is 10.8. The molecule has 0 aliphatic rings. The first kappa shape index (κ1) is 24.3. The molecular weight excluding hydrogens is 506 g/mol. The summed E-state index contributed by atoms with van der Waals surface area (Å²) in [7, 11) is 1.47. The molecule has 2 N–H and O–H groups in total. The molecule has 3 rings (SSSR count). The molecule has 0 atom stereocenters. The molecule has 0 bridgehead atoms. The number of hydrogen-bond donors (Lipinski definition) is 2. The number of ether oxygens (including phenoxy) is 2. The van der Waals surface area contributed by atoms with Crippen molar-refractivity contribution in [3.63, 3.8) is 0 Å². The number of phenols is 1. The van der Waals surface area contributed by atoms with Gasteiger partial charge in [-0.3, -0.25) is 14.9 Å². The van der Waals surface area contributed by atoms with Crippen LogP contribution < -0.4 is 14.8 Å². The fraction of sp³-hybridized carbons (Fsp3) is 0.0833. The molecule has 0 unspecified atom stereocenters. The number of anilines is 1. The summed E-state index contributed by atoms with van der Waals surface area (Å²) in [5.74, 6) is -0.445. The van der Waals surface area contributed by atoms with Crippen molar-refractivity contribution < 1.29 is 24.3 Å². The third kappa shape index (κ3) is 5.90. The number of non-ortho nitro benzene ring substituents is 1. The highest BCUT2D eigenvalue weighted by atomic mass is 79.9. The van der Waals surface area contributed by atoms with E-state index < -0.39 is 16.6 Å². The summed E-state index contributed by atoms with van der Waals surface area (Å²) in [4.78, 5) is 22.7. The number of nitrogens with zero attached hydrogens (tertiary/aromatic N) is 2. The van der Waals surface area contributed by atoms with Crippen molar-refractivity contribution in [2.24, 2.45) is 0 Å². The van der Waals surface area contributed by atoms with E-state index in [4.69, 9.17) is 9.47 Å². The van der Waals surface area contributed by atoms with E-state index in [1.54, 1.807) is 12.1 Å². The molecule has 0 saturated carbocycles. The number of benzene rings is 3. The molecule has 0 fully saturated rings. The zero-order valence-corrected chi connectivity index (χ0v) is 19.4. The molecular formula is C24H18BrN3O6. The van der Waals surface area contributed by atoms with Crippen molar-refractivity contribution in [3.8, 4) is 23.3 Å². The van der Waals surface area contributed by atoms with E-state index in [9.17, 15) is 25.3 Å². The Balaban J connectivity index is 1.82. The zero-order valence-electron chi connectivity index (χ0n) is 17.8. The monoisotopic (exact) mass is 523 g/mol. The minimum absolute atomic E-state index is 0.0693. The highest BCUT2D eigenvalue weighted by molar-refractivity contribution is 9.10. The number of aromatic hydroxyl groups is 1. The van der Waals surface area contributed by atoms with Gasteiger partial charge < -0.3 is 19.9 Å². The highest BCUT2D eigenvalue weighted by Gasteiger charge is 2.17. The first-order chi connectivity index (χ1) is 16.3. The number of methoxy groups -OCH3 is 1. The molecule has 0 heterocycles. The van der Waals surface area contributed by atoms with Gasteiger partial charge in [0, 0.05) is 6.07 Å². The Kier molecular flexibility index (Phi) is 7.84. The number of rotatable bonds is 8. The first-order valence-electron chi connectivity index (χ1n) is 9.77. The number of carbonyl (C=O) groups excluding carboxylic acids is 1. The van der Waals surface area contributed by atoms with E-state index in [2.05, 4.69) is 21.2 Å². The number of carbonyl (C=O) groups is 1. The molecule has 0 aliphatic carbocycles. The maximum Gasteiger partial charge on any atom is 0.273 e. The lowest BCUT2D eigenvalue weighted by atomic mass is 10.1. The number of amides is 1. The second-order valence-electron chi connectivity index (χ2n) is 6.89. The van der Waals surface area contributed by atoms with Gasteiger partial charge in [-0.25, -0.2) is 0 Å². The van der Waals surface area contributed by atoms with E-state index >= 15 is 0 Å². The van der Waals surface area contributed by atoms with E-state index in [0.29, 0.717) is 28.1 Å². The number of hydrogen-bond acceptors (Lipinski definition) is 7. The number of halogens is 1. The zero-order chi connectivity index (χ0) is 24.7. The van der Waals surface area contributed by atoms with Crippen LogP contribution in [0.25, 0.3) is 6.08 Å². The maximum absolute atomic E-state index is 12.6. The number of nitrogens with one attached hydrogen (secondary N) is 1. The first-order valence-corrected chi connectivity index (χ1v) is 10.6. The number of phenolic OH excluding ortho intramolecular Hbond substituents is 1. The molecule has 0 aromatic heterocycles. The molecule has 3 aromatic carbocycles. The Hall–Kier alpha value is -4.36. The van der Waals surface area contributed by atoms with E-state index in [1.165, 1.54) is 19.3 Å². The molecule has 0 aliphatic heterocycles. The van der Waals surface area contributed by atoms with Gasteiger partial charge >= 0.3 is 0 Å². The van der Waals surface area contributed by atoms with Gasteiger partial charge in [-0.2, -0.15) is 5.26 Å². The van der Waals surface area contributed by atoms with Crippen LogP contribution in [0, 0.1) is 21.4 Å². The van der Waals surface area contributed by atoms with Gasteiger partial charge in [-0.1, -0.05) is 30.3 Å². The predicted molar refractivity (Wildman–Crippen MR) is 128 cm³/mol. The molecule has 34 heavy (non-hydrogen) atoms. The Morgan fingerprint density at radius 1 is 1.24 bits per heavy atom. The molecule has 0 spiro atoms. The number of nitro benzene ring substituents is 1. The molecule has 3 aromatic rings. The van der Waals surface area contributed by atoms with Gasteiger partial charge in [0.25, 0.3) is 11.6 Å². The fourth-order valence-corrected chi connectivity index (χ4v) is 3.51. The third-order valence-corrected chi connectivity index (χ3v) is 5.18. The van der Waals surface area contributed by atoms with Crippen molar-refractivity contribution in [1.82, 2.24) is 0 Å². The van der Waals surface area contributed by atoms with Crippen LogP contribution in [-0.2, 0) is 11.4 Å². The molecule has 1 amide bonds. The fourth-order valence-electron chi connectivity index (χ4n) is 2.94. The topological polar surface area (TPSA) is 135 Å². The Morgan fingerprint density at radius 2 is 1.97 bits per heavy atom. The van der Waals surface area contributed by atoms with Crippen molar-refractivity contribution in [2.75, 3.05) is 12.4 Å². The lowest BCUT2D eigenvalue weighted by molar-refractivity contribution is -0.384. The smallest absolute Gasteiger partial charge is 0.273 e. The summed E-state index contributed by atoms with van der Waals surface area (Å²) in [5, 5.41) is 32.6. The average molecular weight is 524 g/mol. The SMILES string of the molecule is COc1cc(/C=C(/C#N)C(=O)Nc2ccc([N+](=O)[O-])cc2O)cc(Br)c1OCc1ccccc1. The van der Waals surface area contributed by atoms with Gasteiger partial charge in [0.15, 0.2) is 11.5 Å². The maximum atomic E-state index is 12.6. The third-order valence-electron chi connectivity index (χ3n) is 4.59. The Morgan fingerprint density at radius 3 is 2.59 bits per heavy atom. The van der Waals surface area contributed by atoms with Gasteiger partial charge in [0.1, 0.15) is 24.0 Å². The van der Waals surface area contributed by atoms with Crippen molar-refractivity contribution >= 4 is 39.3 Å². The van der Waals surface area contributed by atoms with Gasteiger partial charge in [-0.15, -0.1) is 0 Å². The second kappa shape index (κ2) is 11.0. The predicted octanol–water partition coefficient (Wildman–Crippen LogP) is 5.20. The van der Waals surface area contributed by atoms with Gasteiger partial charge in [0.2, 0.25) is 0 Å². The lowest BCUT2D eigenvalue weighted by Gasteiger charge is -2.14. The standard InChI is InChI=1S/C24H18BrN3O6/c1-33-22-11-16(10-19(25)23(22)34-14-15-5-3-2-4-6-15)9-17(13-26)24(30)27-20-8-7-18(28(31)32)12-21(20)29/h2-12,29H,14H2,1H3,(H,27,30)/b17-9-. The molecule has 172 valence electrons. The summed E-state index contributed by atoms with van der Waals surface area (Å²) in [6.45, 7) is 0.315. The number of nitro groups is 1. The molecule has 9 nitrogen and oxygen atoms in total. The Labute approximate surface area is 203 Å². The van der Waals surface area contributed by atoms with E-state index in [1.807, 2.05) is 36.4 Å². The van der Waals surface area contributed by atoms with Crippen LogP contribution in [0.15, 0.2) is 70.7 Å². The van der Waals surface area contributed by atoms with Crippen LogP contribution in [0.5, 0.6) is 17.2 Å². The summed E-state index contributed by atoms with van der Waals surface area (Å²) < 4.78 is 11.9. The lowest BCUT2D eigenvalue weighted by Crippen LogP contribution is -2.13. The summed E-state index contributed by atoms with van der Waals surface area (Å²) in [5.41, 5.74) is 0.789. The summed E-state index contributed by atoms with van der Waals surface area (Å²) in [6.07, 6.45) is 1.34. The van der Waals surface area contributed by atoms with E-state index in [0.717, 1.165) is 17.7 Å². The van der Waals surface area contributed by atoms with Crippen molar-refractivity contribution in [1.29, 1.82) is 5.26 Å². The minimum Gasteiger partial charge on any atom is -0.506 e. The second-order valence-corrected chi connectivity index (χ2v) is 7.75. The summed E-state index contributed by atoms with van der Waals surface area (Å²) >= 11 is 3.44. The van der Waals surface area contributed by atoms with Crippen LogP contribution in [0.3, 0.4) is 0 Å².